The van der Waals surface area contributed by atoms with E-state index in [-0.39, 0.29) is 29.8 Å². The van der Waals surface area contributed by atoms with Gasteiger partial charge in [0, 0.05) is 36.0 Å². The van der Waals surface area contributed by atoms with Gasteiger partial charge in [0.15, 0.2) is 0 Å². The number of rotatable bonds is 13. The number of carbonyl (C=O) groups is 2. The van der Waals surface area contributed by atoms with Crippen molar-refractivity contribution >= 4 is 40.9 Å². The molecule has 0 aliphatic rings. The van der Waals surface area contributed by atoms with E-state index < -0.39 is 11.0 Å². The van der Waals surface area contributed by atoms with E-state index in [1.54, 1.807) is 23.1 Å². The van der Waals surface area contributed by atoms with Gasteiger partial charge in [-0.3, -0.25) is 19.7 Å². The first kappa shape index (κ1) is 26.7. The third-order valence-corrected chi connectivity index (χ3v) is 6.51. The lowest BCUT2D eigenvalue weighted by Crippen LogP contribution is -2.49. The quantitative estimate of drug-likeness (QED) is 0.236. The predicted octanol–water partition coefficient (Wildman–Crippen LogP) is 5.21. The van der Waals surface area contributed by atoms with Crippen molar-refractivity contribution in [1.82, 2.24) is 10.2 Å². The summed E-state index contributed by atoms with van der Waals surface area (Å²) < 4.78 is 0. The molecule has 0 fully saturated rings. The molecule has 0 aliphatic heterocycles. The van der Waals surface area contributed by atoms with E-state index in [0.29, 0.717) is 23.7 Å². The molecule has 1 unspecified atom stereocenters. The molecule has 0 bridgehead atoms. The molecule has 7 nitrogen and oxygen atoms in total. The van der Waals surface area contributed by atoms with Gasteiger partial charge in [0.05, 0.1) is 10.7 Å². The number of halogens is 1. The average Bonchev–Trinajstić information content (AvgIpc) is 2.80. The van der Waals surface area contributed by atoms with Gasteiger partial charge in [0.1, 0.15) is 6.04 Å². The summed E-state index contributed by atoms with van der Waals surface area (Å²) in [6, 6.07) is 13.0. The molecule has 178 valence electrons. The maximum Gasteiger partial charge on any atom is 0.269 e. The molecule has 1 N–H and O–H groups in total. The van der Waals surface area contributed by atoms with Crippen LogP contribution in [0.5, 0.6) is 0 Å². The molecule has 2 rings (SSSR count). The fourth-order valence-corrected chi connectivity index (χ4v) is 4.35. The standard InChI is InChI=1S/C24H30ClN3O4S/c1-3-5-14-26-24(30)22(4-2)27(15-19-8-6-7-9-21(19)25)23(29)17-33-16-18-10-12-20(13-11-18)28(31)32/h6-13,22H,3-5,14-17H2,1-2H3,(H,26,30). The fraction of sp³-hybridized carbons (Fsp3) is 0.417. The summed E-state index contributed by atoms with van der Waals surface area (Å²) in [5.41, 5.74) is 1.71. The summed E-state index contributed by atoms with van der Waals surface area (Å²) in [7, 11) is 0. The Morgan fingerprint density at radius 2 is 1.85 bits per heavy atom. The molecule has 9 heteroatoms. The van der Waals surface area contributed by atoms with Crippen LogP contribution < -0.4 is 5.32 Å². The van der Waals surface area contributed by atoms with Crippen molar-refractivity contribution in [3.63, 3.8) is 0 Å². The normalized spacial score (nSPS) is 11.6. The van der Waals surface area contributed by atoms with Crippen LogP contribution in [0.3, 0.4) is 0 Å². The van der Waals surface area contributed by atoms with Crippen molar-refractivity contribution in [3.8, 4) is 0 Å². The molecular formula is C24H30ClN3O4S. The Kier molecular flexibility index (Phi) is 11.2. The predicted molar refractivity (Wildman–Crippen MR) is 133 cm³/mol. The number of thioether (sulfide) groups is 1. The number of unbranched alkanes of at least 4 members (excludes halogenated alkanes) is 1. The zero-order valence-electron chi connectivity index (χ0n) is 19.0. The molecule has 33 heavy (non-hydrogen) atoms. The van der Waals surface area contributed by atoms with E-state index in [9.17, 15) is 19.7 Å². The maximum absolute atomic E-state index is 13.2. The highest BCUT2D eigenvalue weighted by molar-refractivity contribution is 7.99. The van der Waals surface area contributed by atoms with Crippen LogP contribution >= 0.6 is 23.4 Å². The molecule has 0 aromatic heterocycles. The van der Waals surface area contributed by atoms with E-state index in [4.69, 9.17) is 11.6 Å². The lowest BCUT2D eigenvalue weighted by Gasteiger charge is -2.31. The van der Waals surface area contributed by atoms with Crippen LogP contribution in [0.25, 0.3) is 0 Å². The zero-order chi connectivity index (χ0) is 24.2. The fourth-order valence-electron chi connectivity index (χ4n) is 3.29. The number of non-ortho nitro benzene ring substituents is 1. The third-order valence-electron chi connectivity index (χ3n) is 5.16. The SMILES string of the molecule is CCCCNC(=O)C(CC)N(Cc1ccccc1Cl)C(=O)CSCc1ccc([N+](=O)[O-])cc1. The monoisotopic (exact) mass is 491 g/mol. The number of nitrogens with zero attached hydrogens (tertiary/aromatic N) is 2. The maximum atomic E-state index is 13.2. The Morgan fingerprint density at radius 3 is 2.45 bits per heavy atom. The molecule has 2 aromatic rings. The molecule has 0 aliphatic carbocycles. The highest BCUT2D eigenvalue weighted by atomic mass is 35.5. The van der Waals surface area contributed by atoms with E-state index >= 15 is 0 Å². The zero-order valence-corrected chi connectivity index (χ0v) is 20.5. The molecule has 0 saturated carbocycles. The largest absolute Gasteiger partial charge is 0.354 e. The van der Waals surface area contributed by atoms with Crippen molar-refractivity contribution in [2.45, 2.75) is 51.4 Å². The summed E-state index contributed by atoms with van der Waals surface area (Å²) in [5, 5.41) is 14.3. The lowest BCUT2D eigenvalue weighted by molar-refractivity contribution is -0.384. The van der Waals surface area contributed by atoms with Crippen LogP contribution in [0.1, 0.15) is 44.2 Å². The van der Waals surface area contributed by atoms with E-state index in [1.807, 2.05) is 25.1 Å². The molecule has 0 saturated heterocycles. The minimum Gasteiger partial charge on any atom is -0.354 e. The molecular weight excluding hydrogens is 462 g/mol. The van der Waals surface area contributed by atoms with Gasteiger partial charge in [-0.2, -0.15) is 0 Å². The Hall–Kier alpha value is -2.58. The van der Waals surface area contributed by atoms with Crippen LogP contribution in [0.4, 0.5) is 5.69 Å². The van der Waals surface area contributed by atoms with Gasteiger partial charge in [-0.25, -0.2) is 0 Å². The first-order valence-electron chi connectivity index (χ1n) is 11.0. The minimum atomic E-state index is -0.592. The lowest BCUT2D eigenvalue weighted by atomic mass is 10.1. The highest BCUT2D eigenvalue weighted by Gasteiger charge is 2.28. The molecule has 0 spiro atoms. The van der Waals surface area contributed by atoms with E-state index in [0.717, 1.165) is 24.0 Å². The first-order chi connectivity index (χ1) is 15.9. The topological polar surface area (TPSA) is 92.6 Å². The van der Waals surface area contributed by atoms with Gasteiger partial charge in [-0.1, -0.05) is 62.2 Å². The molecule has 1 atom stereocenters. The van der Waals surface area contributed by atoms with E-state index in [1.165, 1.54) is 23.9 Å². The summed E-state index contributed by atoms with van der Waals surface area (Å²) in [6.45, 7) is 4.77. The van der Waals surface area contributed by atoms with Gasteiger partial charge in [0.2, 0.25) is 11.8 Å². The number of nitrogens with one attached hydrogen (secondary N) is 1. The van der Waals surface area contributed by atoms with Gasteiger partial charge >= 0.3 is 0 Å². The van der Waals surface area contributed by atoms with Crippen LogP contribution in [0.15, 0.2) is 48.5 Å². The molecule has 2 aromatic carbocycles. The van der Waals surface area contributed by atoms with Crippen molar-refractivity contribution in [1.29, 1.82) is 0 Å². The second-order valence-electron chi connectivity index (χ2n) is 7.60. The van der Waals surface area contributed by atoms with E-state index in [2.05, 4.69) is 12.2 Å². The Balaban J connectivity index is 2.10. The van der Waals surface area contributed by atoms with Gasteiger partial charge in [-0.15, -0.1) is 11.8 Å². The van der Waals surface area contributed by atoms with Crippen molar-refractivity contribution in [3.05, 3.63) is 74.8 Å². The van der Waals surface area contributed by atoms with Crippen LogP contribution in [-0.4, -0.2) is 40.0 Å². The van der Waals surface area contributed by atoms with Crippen LogP contribution in [-0.2, 0) is 21.9 Å². The second-order valence-corrected chi connectivity index (χ2v) is 8.99. The summed E-state index contributed by atoms with van der Waals surface area (Å²) >= 11 is 7.74. The Labute approximate surface area is 204 Å². The summed E-state index contributed by atoms with van der Waals surface area (Å²) in [5.74, 6) is 0.398. The number of nitro benzene ring substituents is 1. The number of carbonyl (C=O) groups excluding carboxylic acids is 2. The number of hydrogen-bond acceptors (Lipinski definition) is 5. The van der Waals surface area contributed by atoms with Crippen molar-refractivity contribution < 1.29 is 14.5 Å². The second kappa shape index (κ2) is 13.9. The first-order valence-corrected chi connectivity index (χ1v) is 12.5. The van der Waals surface area contributed by atoms with Gasteiger partial charge in [-0.05, 0) is 30.0 Å². The smallest absolute Gasteiger partial charge is 0.269 e. The van der Waals surface area contributed by atoms with Crippen LogP contribution in [0.2, 0.25) is 5.02 Å². The average molecular weight is 492 g/mol. The molecule has 0 radical (unpaired) electrons. The molecule has 0 heterocycles. The molecule has 2 amide bonds. The highest BCUT2D eigenvalue weighted by Crippen LogP contribution is 2.22. The van der Waals surface area contributed by atoms with Crippen molar-refractivity contribution in [2.24, 2.45) is 0 Å². The summed E-state index contributed by atoms with van der Waals surface area (Å²) in [6.07, 6.45) is 2.34. The van der Waals surface area contributed by atoms with Gasteiger partial charge in [0.25, 0.3) is 5.69 Å². The van der Waals surface area contributed by atoms with Gasteiger partial charge < -0.3 is 10.2 Å². The third kappa shape index (κ3) is 8.37. The number of nitro groups is 1. The summed E-state index contributed by atoms with van der Waals surface area (Å²) in [4.78, 5) is 38.0. The number of benzene rings is 2. The van der Waals surface area contributed by atoms with Crippen LogP contribution in [0, 0.1) is 10.1 Å². The number of hydrogen-bond donors (Lipinski definition) is 1. The minimum absolute atomic E-state index is 0.0330. The Bertz CT molecular complexity index is 940. The Morgan fingerprint density at radius 1 is 1.15 bits per heavy atom. The number of amides is 2. The van der Waals surface area contributed by atoms with Crippen molar-refractivity contribution in [2.75, 3.05) is 12.3 Å².